The van der Waals surface area contributed by atoms with Gasteiger partial charge in [-0.15, -0.1) is 0 Å². The monoisotopic (exact) mass is 370 g/mol. The number of imidazole rings is 1. The van der Waals surface area contributed by atoms with Gasteiger partial charge in [-0.1, -0.05) is 12.1 Å². The van der Waals surface area contributed by atoms with E-state index >= 15 is 0 Å². The van der Waals surface area contributed by atoms with Crippen molar-refractivity contribution < 1.29 is 13.6 Å². The normalized spacial score (nSPS) is 15.9. The topological polar surface area (TPSA) is 61.0 Å². The van der Waals surface area contributed by atoms with Crippen LogP contribution in [-0.2, 0) is 11.3 Å². The van der Waals surface area contributed by atoms with Crippen LogP contribution < -0.4 is 5.32 Å². The van der Waals surface area contributed by atoms with Crippen LogP contribution in [0.1, 0.15) is 18.7 Å². The van der Waals surface area contributed by atoms with E-state index in [4.69, 9.17) is 0 Å². The van der Waals surface area contributed by atoms with Crippen LogP contribution in [0.15, 0.2) is 42.5 Å². The predicted molar refractivity (Wildman–Crippen MR) is 99.1 cm³/mol. The van der Waals surface area contributed by atoms with Gasteiger partial charge in [0.05, 0.1) is 17.6 Å². The number of H-pyrrole nitrogens is 1. The molecule has 1 fully saturated rings. The summed E-state index contributed by atoms with van der Waals surface area (Å²) in [6.07, 6.45) is 1.44. The summed E-state index contributed by atoms with van der Waals surface area (Å²) in [4.78, 5) is 22.6. The number of benzene rings is 2. The maximum absolute atomic E-state index is 13.3. The highest BCUT2D eigenvalue weighted by Crippen LogP contribution is 2.22. The third-order valence-electron chi connectivity index (χ3n) is 4.96. The second-order valence-corrected chi connectivity index (χ2v) is 6.87. The van der Waals surface area contributed by atoms with Gasteiger partial charge in [0.25, 0.3) is 0 Å². The van der Waals surface area contributed by atoms with Gasteiger partial charge in [0.15, 0.2) is 11.6 Å². The molecule has 1 aromatic heterocycles. The molecular weight excluding hydrogens is 350 g/mol. The Kier molecular flexibility index (Phi) is 4.85. The maximum atomic E-state index is 13.3. The van der Waals surface area contributed by atoms with Crippen molar-refractivity contribution in [3.8, 4) is 0 Å². The molecule has 140 valence electrons. The number of hydrogen-bond acceptors (Lipinski definition) is 3. The molecule has 0 bridgehead atoms. The van der Waals surface area contributed by atoms with Gasteiger partial charge >= 0.3 is 0 Å². The summed E-state index contributed by atoms with van der Waals surface area (Å²) >= 11 is 0. The number of fused-ring (bicyclic) bond motifs is 1. The summed E-state index contributed by atoms with van der Waals surface area (Å²) in [7, 11) is 0. The Hall–Kier alpha value is -2.80. The third-order valence-corrected chi connectivity index (χ3v) is 4.96. The second kappa shape index (κ2) is 7.44. The second-order valence-electron chi connectivity index (χ2n) is 6.87. The van der Waals surface area contributed by atoms with Gasteiger partial charge in [-0.25, -0.2) is 13.8 Å². The van der Waals surface area contributed by atoms with E-state index < -0.39 is 11.6 Å². The van der Waals surface area contributed by atoms with Crippen LogP contribution in [0.4, 0.5) is 14.5 Å². The van der Waals surface area contributed by atoms with Crippen LogP contribution in [0.25, 0.3) is 11.0 Å². The Morgan fingerprint density at radius 3 is 2.67 bits per heavy atom. The lowest BCUT2D eigenvalue weighted by atomic mass is 9.96. The highest BCUT2D eigenvalue weighted by atomic mass is 19.2. The Bertz CT molecular complexity index is 931. The van der Waals surface area contributed by atoms with Crippen molar-refractivity contribution >= 4 is 22.6 Å². The summed E-state index contributed by atoms with van der Waals surface area (Å²) in [6, 6.07) is 11.3. The van der Waals surface area contributed by atoms with Gasteiger partial charge < -0.3 is 10.3 Å². The average molecular weight is 370 g/mol. The van der Waals surface area contributed by atoms with Crippen molar-refractivity contribution in [2.24, 2.45) is 5.92 Å². The lowest BCUT2D eigenvalue weighted by Crippen LogP contribution is -2.38. The minimum Gasteiger partial charge on any atom is -0.341 e. The lowest BCUT2D eigenvalue weighted by molar-refractivity contribution is -0.121. The number of nitrogens with one attached hydrogen (secondary N) is 2. The van der Waals surface area contributed by atoms with E-state index in [1.165, 1.54) is 6.07 Å². The van der Waals surface area contributed by atoms with E-state index in [0.29, 0.717) is 6.54 Å². The molecule has 7 heteroatoms. The zero-order valence-electron chi connectivity index (χ0n) is 14.7. The van der Waals surface area contributed by atoms with Crippen LogP contribution in [0.5, 0.6) is 0 Å². The molecule has 0 aliphatic carbocycles. The van der Waals surface area contributed by atoms with Crippen molar-refractivity contribution in [1.29, 1.82) is 0 Å². The number of carbonyl (C=O) groups excluding carboxylic acids is 1. The summed E-state index contributed by atoms with van der Waals surface area (Å²) in [5, 5.41) is 2.68. The molecule has 1 amide bonds. The summed E-state index contributed by atoms with van der Waals surface area (Å²) < 4.78 is 26.2. The summed E-state index contributed by atoms with van der Waals surface area (Å²) in [5.74, 6) is -1.25. The summed E-state index contributed by atoms with van der Waals surface area (Å²) in [5.41, 5.74) is 2.25. The fraction of sp³-hybridized carbons (Fsp3) is 0.300. The van der Waals surface area contributed by atoms with Crippen molar-refractivity contribution in [2.45, 2.75) is 19.4 Å². The minimum atomic E-state index is -0.964. The zero-order chi connectivity index (χ0) is 18.8. The number of nitrogens with zero attached hydrogens (tertiary/aromatic N) is 2. The van der Waals surface area contributed by atoms with Crippen molar-refractivity contribution in [1.82, 2.24) is 14.9 Å². The quantitative estimate of drug-likeness (QED) is 0.736. The molecule has 27 heavy (non-hydrogen) atoms. The van der Waals surface area contributed by atoms with Gasteiger partial charge in [0.2, 0.25) is 5.91 Å². The van der Waals surface area contributed by atoms with Gasteiger partial charge in [-0.2, -0.15) is 0 Å². The van der Waals surface area contributed by atoms with Crippen molar-refractivity contribution in [2.75, 3.05) is 18.4 Å². The molecule has 2 heterocycles. The number of rotatable bonds is 4. The molecule has 0 spiro atoms. The van der Waals surface area contributed by atoms with E-state index in [1.807, 2.05) is 24.3 Å². The van der Waals surface area contributed by atoms with Crippen LogP contribution in [-0.4, -0.2) is 33.9 Å². The van der Waals surface area contributed by atoms with Gasteiger partial charge in [0.1, 0.15) is 5.82 Å². The number of aromatic amines is 1. The molecule has 5 nitrogen and oxygen atoms in total. The molecular formula is C20H20F2N4O. The molecule has 2 N–H and O–H groups in total. The molecule has 1 aliphatic heterocycles. The fourth-order valence-corrected chi connectivity index (χ4v) is 3.46. The molecule has 2 aromatic carbocycles. The maximum Gasteiger partial charge on any atom is 0.227 e. The number of piperidine rings is 1. The lowest BCUT2D eigenvalue weighted by Gasteiger charge is -2.30. The number of amides is 1. The molecule has 4 rings (SSSR count). The fourth-order valence-electron chi connectivity index (χ4n) is 3.46. The van der Waals surface area contributed by atoms with E-state index in [9.17, 15) is 13.6 Å². The SMILES string of the molecule is O=C(Nc1ccc(F)c(F)c1)C1CCN(Cc2nc3ccccc3[nH]2)CC1. The largest absolute Gasteiger partial charge is 0.341 e. The van der Waals surface area contributed by atoms with E-state index in [-0.39, 0.29) is 17.5 Å². The Balaban J connectivity index is 1.31. The highest BCUT2D eigenvalue weighted by Gasteiger charge is 2.25. The number of para-hydroxylation sites is 2. The van der Waals surface area contributed by atoms with E-state index in [2.05, 4.69) is 20.2 Å². The molecule has 0 saturated carbocycles. The molecule has 1 aliphatic rings. The van der Waals surface area contributed by atoms with Crippen molar-refractivity contribution in [3.05, 3.63) is 59.9 Å². The first-order chi connectivity index (χ1) is 13.1. The smallest absolute Gasteiger partial charge is 0.227 e. The average Bonchev–Trinajstić information content (AvgIpc) is 3.07. The third kappa shape index (κ3) is 3.98. The molecule has 0 unspecified atom stereocenters. The Labute approximate surface area is 155 Å². The first kappa shape index (κ1) is 17.6. The van der Waals surface area contributed by atoms with Crippen LogP contribution in [0.3, 0.4) is 0 Å². The molecule has 0 radical (unpaired) electrons. The van der Waals surface area contributed by atoms with E-state index in [0.717, 1.165) is 54.9 Å². The summed E-state index contributed by atoms with van der Waals surface area (Å²) in [6.45, 7) is 2.28. The predicted octanol–water partition coefficient (Wildman–Crippen LogP) is 3.69. The first-order valence-electron chi connectivity index (χ1n) is 9.00. The van der Waals surface area contributed by atoms with Crippen LogP contribution >= 0.6 is 0 Å². The first-order valence-corrected chi connectivity index (χ1v) is 9.00. The Morgan fingerprint density at radius 2 is 1.93 bits per heavy atom. The van der Waals surface area contributed by atoms with Gasteiger partial charge in [-0.05, 0) is 50.2 Å². The number of halogens is 2. The van der Waals surface area contributed by atoms with Crippen molar-refractivity contribution in [3.63, 3.8) is 0 Å². The van der Waals surface area contributed by atoms with Crippen LogP contribution in [0.2, 0.25) is 0 Å². The van der Waals surface area contributed by atoms with Crippen LogP contribution in [0, 0.1) is 17.6 Å². The zero-order valence-corrected chi connectivity index (χ0v) is 14.7. The molecule has 3 aromatic rings. The standard InChI is InChI=1S/C20H20F2N4O/c21-15-6-5-14(11-16(15)22)23-20(27)13-7-9-26(10-8-13)12-19-24-17-3-1-2-4-18(17)25-19/h1-6,11,13H,7-10,12H2,(H,23,27)(H,24,25). The number of anilines is 1. The van der Waals surface area contributed by atoms with Gasteiger partial charge in [-0.3, -0.25) is 9.69 Å². The number of aromatic nitrogens is 2. The molecule has 0 atom stereocenters. The number of likely N-dealkylation sites (tertiary alicyclic amines) is 1. The number of hydrogen-bond donors (Lipinski definition) is 2. The Morgan fingerprint density at radius 1 is 1.15 bits per heavy atom. The van der Waals surface area contributed by atoms with E-state index in [1.54, 1.807) is 0 Å². The minimum absolute atomic E-state index is 0.134. The van der Waals surface area contributed by atoms with Gasteiger partial charge in [0, 0.05) is 17.7 Å². The molecule has 1 saturated heterocycles. The highest BCUT2D eigenvalue weighted by molar-refractivity contribution is 5.92. The number of carbonyl (C=O) groups is 1.